The highest BCUT2D eigenvalue weighted by molar-refractivity contribution is 5.66. The van der Waals surface area contributed by atoms with E-state index in [9.17, 15) is 0 Å². The van der Waals surface area contributed by atoms with Gasteiger partial charge in [0.25, 0.3) is 0 Å². The molecule has 0 spiro atoms. The lowest BCUT2D eigenvalue weighted by molar-refractivity contribution is 0.545. The van der Waals surface area contributed by atoms with Crippen LogP contribution in [0.1, 0.15) is 31.2 Å². The number of hydrogen-bond donors (Lipinski definition) is 1. The SMILES string of the molecule is CCCn1nnnc1CN1CCCc2c(N)cccc21. The van der Waals surface area contributed by atoms with Crippen LogP contribution in [-0.2, 0) is 19.5 Å². The fourth-order valence-electron chi connectivity index (χ4n) is 2.78. The summed E-state index contributed by atoms with van der Waals surface area (Å²) < 4.78 is 1.89. The van der Waals surface area contributed by atoms with Crippen LogP contribution in [0.25, 0.3) is 0 Å². The molecule has 1 aromatic heterocycles. The fourth-order valence-corrected chi connectivity index (χ4v) is 2.78. The van der Waals surface area contributed by atoms with Gasteiger partial charge in [0.15, 0.2) is 5.82 Å². The van der Waals surface area contributed by atoms with E-state index in [4.69, 9.17) is 5.73 Å². The summed E-state index contributed by atoms with van der Waals surface area (Å²) in [5.74, 6) is 0.919. The number of nitrogens with zero attached hydrogens (tertiary/aromatic N) is 5. The van der Waals surface area contributed by atoms with Gasteiger partial charge in [0.1, 0.15) is 0 Å². The molecule has 2 aromatic rings. The summed E-state index contributed by atoms with van der Waals surface area (Å²) in [6.07, 6.45) is 3.20. The number of anilines is 2. The third-order valence-corrected chi connectivity index (χ3v) is 3.76. The summed E-state index contributed by atoms with van der Waals surface area (Å²) in [5.41, 5.74) is 9.45. The molecule has 3 rings (SSSR count). The molecule has 1 aromatic carbocycles. The third-order valence-electron chi connectivity index (χ3n) is 3.76. The van der Waals surface area contributed by atoms with E-state index in [1.54, 1.807) is 0 Å². The summed E-state index contributed by atoms with van der Waals surface area (Å²) >= 11 is 0. The average Bonchev–Trinajstić information content (AvgIpc) is 2.88. The molecular formula is C14H20N6. The van der Waals surface area contributed by atoms with Gasteiger partial charge in [-0.15, -0.1) is 5.10 Å². The van der Waals surface area contributed by atoms with E-state index in [1.807, 2.05) is 16.8 Å². The molecule has 0 saturated heterocycles. The number of nitrogens with two attached hydrogens (primary N) is 1. The molecule has 6 heteroatoms. The van der Waals surface area contributed by atoms with Gasteiger partial charge in [-0.3, -0.25) is 0 Å². The molecule has 1 aliphatic rings. The van der Waals surface area contributed by atoms with Crippen molar-refractivity contribution in [3.05, 3.63) is 29.6 Å². The second kappa shape index (κ2) is 5.48. The second-order valence-electron chi connectivity index (χ2n) is 5.19. The minimum absolute atomic E-state index is 0.740. The fraction of sp³-hybridized carbons (Fsp3) is 0.500. The predicted molar refractivity (Wildman–Crippen MR) is 78.3 cm³/mol. The molecule has 0 aliphatic carbocycles. The Bertz CT molecular complexity index is 591. The predicted octanol–water partition coefficient (Wildman–Crippen LogP) is 1.62. The van der Waals surface area contributed by atoms with Crippen molar-refractivity contribution in [2.24, 2.45) is 0 Å². The molecule has 0 unspecified atom stereocenters. The monoisotopic (exact) mass is 272 g/mol. The van der Waals surface area contributed by atoms with Gasteiger partial charge in [0, 0.05) is 24.5 Å². The number of aromatic nitrogens is 4. The number of hydrogen-bond acceptors (Lipinski definition) is 5. The van der Waals surface area contributed by atoms with Crippen LogP contribution in [0, 0.1) is 0 Å². The maximum atomic E-state index is 6.08. The molecule has 0 amide bonds. The highest BCUT2D eigenvalue weighted by Gasteiger charge is 2.20. The van der Waals surface area contributed by atoms with Gasteiger partial charge < -0.3 is 10.6 Å². The summed E-state index contributed by atoms with van der Waals surface area (Å²) in [5, 5.41) is 12.0. The van der Waals surface area contributed by atoms with Crippen molar-refractivity contribution in [2.75, 3.05) is 17.2 Å². The normalized spacial score (nSPS) is 14.3. The standard InChI is InChI=1S/C14H20N6/c1-2-8-20-14(16-17-18-20)10-19-9-4-5-11-12(15)6-3-7-13(11)19/h3,6-7H,2,4-5,8-10,15H2,1H3. The number of benzene rings is 1. The molecule has 0 bridgehead atoms. The van der Waals surface area contributed by atoms with Crippen molar-refractivity contribution in [1.82, 2.24) is 20.2 Å². The first kappa shape index (κ1) is 12.9. The smallest absolute Gasteiger partial charge is 0.170 e. The van der Waals surface area contributed by atoms with E-state index in [-0.39, 0.29) is 0 Å². The maximum Gasteiger partial charge on any atom is 0.170 e. The van der Waals surface area contributed by atoms with Crippen molar-refractivity contribution in [3.63, 3.8) is 0 Å². The van der Waals surface area contributed by atoms with Crippen LogP contribution in [0.5, 0.6) is 0 Å². The summed E-state index contributed by atoms with van der Waals surface area (Å²) in [4.78, 5) is 2.33. The quantitative estimate of drug-likeness (QED) is 0.856. The maximum absolute atomic E-state index is 6.08. The molecule has 2 N–H and O–H groups in total. The van der Waals surface area contributed by atoms with Crippen LogP contribution in [0.2, 0.25) is 0 Å². The molecule has 0 radical (unpaired) electrons. The van der Waals surface area contributed by atoms with Gasteiger partial charge in [-0.05, 0) is 47.4 Å². The molecule has 6 nitrogen and oxygen atoms in total. The average molecular weight is 272 g/mol. The first-order chi connectivity index (χ1) is 9.79. The molecular weight excluding hydrogens is 252 g/mol. The van der Waals surface area contributed by atoms with E-state index < -0.39 is 0 Å². The summed E-state index contributed by atoms with van der Waals surface area (Å²) in [7, 11) is 0. The zero-order valence-electron chi connectivity index (χ0n) is 11.8. The van der Waals surface area contributed by atoms with Crippen LogP contribution >= 0.6 is 0 Å². The third kappa shape index (κ3) is 2.33. The number of aryl methyl sites for hydroxylation is 1. The van der Waals surface area contributed by atoms with Crippen LogP contribution < -0.4 is 10.6 Å². The van der Waals surface area contributed by atoms with Gasteiger partial charge in [0.2, 0.25) is 0 Å². The van der Waals surface area contributed by atoms with Crippen LogP contribution in [0.15, 0.2) is 18.2 Å². The minimum Gasteiger partial charge on any atom is -0.398 e. The summed E-state index contributed by atoms with van der Waals surface area (Å²) in [6.45, 7) is 4.75. The highest BCUT2D eigenvalue weighted by atomic mass is 15.5. The van der Waals surface area contributed by atoms with E-state index in [2.05, 4.69) is 33.4 Å². The van der Waals surface area contributed by atoms with Crippen molar-refractivity contribution in [3.8, 4) is 0 Å². The first-order valence-electron chi connectivity index (χ1n) is 7.17. The van der Waals surface area contributed by atoms with E-state index in [0.717, 1.165) is 50.4 Å². The Morgan fingerprint density at radius 2 is 2.25 bits per heavy atom. The van der Waals surface area contributed by atoms with Crippen LogP contribution in [-0.4, -0.2) is 26.8 Å². The lowest BCUT2D eigenvalue weighted by Gasteiger charge is -2.31. The molecule has 0 atom stereocenters. The Morgan fingerprint density at radius 1 is 1.35 bits per heavy atom. The number of rotatable bonds is 4. The van der Waals surface area contributed by atoms with Crippen molar-refractivity contribution in [1.29, 1.82) is 0 Å². The molecule has 1 aliphatic heterocycles. The lowest BCUT2D eigenvalue weighted by Crippen LogP contribution is -2.30. The van der Waals surface area contributed by atoms with Crippen molar-refractivity contribution >= 4 is 11.4 Å². The Hall–Kier alpha value is -2.11. The Labute approximate surface area is 118 Å². The minimum atomic E-state index is 0.740. The highest BCUT2D eigenvalue weighted by Crippen LogP contribution is 2.31. The zero-order chi connectivity index (χ0) is 13.9. The molecule has 0 saturated carbocycles. The van der Waals surface area contributed by atoms with E-state index in [0.29, 0.717) is 0 Å². The lowest BCUT2D eigenvalue weighted by atomic mass is 10.00. The van der Waals surface area contributed by atoms with Crippen LogP contribution in [0.4, 0.5) is 11.4 Å². The van der Waals surface area contributed by atoms with Crippen molar-refractivity contribution < 1.29 is 0 Å². The molecule has 0 fully saturated rings. The number of fused-ring (bicyclic) bond motifs is 1. The van der Waals surface area contributed by atoms with E-state index in [1.165, 1.54) is 11.3 Å². The number of nitrogen functional groups attached to an aromatic ring is 1. The number of tetrazole rings is 1. The van der Waals surface area contributed by atoms with E-state index >= 15 is 0 Å². The van der Waals surface area contributed by atoms with Gasteiger partial charge in [-0.25, -0.2) is 4.68 Å². The second-order valence-corrected chi connectivity index (χ2v) is 5.19. The van der Waals surface area contributed by atoms with Gasteiger partial charge in [-0.2, -0.15) is 0 Å². The van der Waals surface area contributed by atoms with Crippen molar-refractivity contribution in [2.45, 2.75) is 39.3 Å². The molecule has 20 heavy (non-hydrogen) atoms. The Morgan fingerprint density at radius 3 is 3.10 bits per heavy atom. The Balaban J connectivity index is 1.86. The summed E-state index contributed by atoms with van der Waals surface area (Å²) in [6, 6.07) is 6.13. The van der Waals surface area contributed by atoms with Crippen LogP contribution in [0.3, 0.4) is 0 Å². The largest absolute Gasteiger partial charge is 0.398 e. The zero-order valence-corrected chi connectivity index (χ0v) is 11.8. The Kier molecular flexibility index (Phi) is 3.54. The topological polar surface area (TPSA) is 72.9 Å². The van der Waals surface area contributed by atoms with Gasteiger partial charge in [0.05, 0.1) is 6.54 Å². The van der Waals surface area contributed by atoms with Gasteiger partial charge in [-0.1, -0.05) is 13.0 Å². The van der Waals surface area contributed by atoms with Gasteiger partial charge >= 0.3 is 0 Å². The first-order valence-corrected chi connectivity index (χ1v) is 7.17. The molecule has 2 heterocycles. The molecule has 106 valence electrons.